The predicted octanol–water partition coefficient (Wildman–Crippen LogP) is 4.28. The number of aromatic hydroxyl groups is 1. The first kappa shape index (κ1) is 28.8. The van der Waals surface area contributed by atoms with Crippen LogP contribution in [0.4, 0.5) is 0 Å². The zero-order valence-corrected chi connectivity index (χ0v) is 20.9. The van der Waals surface area contributed by atoms with E-state index in [4.69, 9.17) is 9.47 Å². The molecule has 0 aliphatic heterocycles. The number of hydrogen-bond donors (Lipinski definition) is 4. The van der Waals surface area contributed by atoms with Gasteiger partial charge in [0.1, 0.15) is 5.75 Å². The molecule has 0 aliphatic rings. The zero-order chi connectivity index (χ0) is 25.3. The molecule has 2 aromatic rings. The van der Waals surface area contributed by atoms with Gasteiger partial charge in [-0.05, 0) is 74.0 Å². The van der Waals surface area contributed by atoms with Gasteiger partial charge in [-0.3, -0.25) is 0 Å². The largest absolute Gasteiger partial charge is 0.508 e. The number of hydrogen-bond acceptors (Lipinski definition) is 7. The van der Waals surface area contributed by atoms with Crippen LogP contribution in [0.1, 0.15) is 78.6 Å². The van der Waals surface area contributed by atoms with E-state index >= 15 is 0 Å². The van der Waals surface area contributed by atoms with Crippen LogP contribution in [0.2, 0.25) is 0 Å². The highest BCUT2D eigenvalue weighted by Crippen LogP contribution is 2.22. The normalized spacial score (nSPS) is 12.0. The SMILES string of the molecule is CCCOC(=O)c1ccc(CCCOCCCCCCNCC(O)c2ccc(O)c(CO)c2)cc1. The van der Waals surface area contributed by atoms with Crippen molar-refractivity contribution in [3.63, 3.8) is 0 Å². The lowest BCUT2D eigenvalue weighted by molar-refractivity contribution is 0.0505. The lowest BCUT2D eigenvalue weighted by Gasteiger charge is -2.14. The molecule has 0 aliphatic carbocycles. The average molecular weight is 488 g/mol. The molecule has 7 nitrogen and oxygen atoms in total. The van der Waals surface area contributed by atoms with Gasteiger partial charge in [-0.15, -0.1) is 0 Å². The fourth-order valence-corrected chi connectivity index (χ4v) is 3.67. The van der Waals surface area contributed by atoms with Gasteiger partial charge in [-0.25, -0.2) is 4.79 Å². The fraction of sp³-hybridized carbons (Fsp3) is 0.536. The van der Waals surface area contributed by atoms with Crippen LogP contribution in [-0.2, 0) is 22.5 Å². The maximum absolute atomic E-state index is 11.8. The van der Waals surface area contributed by atoms with Gasteiger partial charge >= 0.3 is 5.97 Å². The maximum atomic E-state index is 11.8. The molecule has 0 amide bonds. The first-order valence-corrected chi connectivity index (χ1v) is 12.7. The van der Waals surface area contributed by atoms with E-state index in [1.165, 1.54) is 11.6 Å². The van der Waals surface area contributed by atoms with E-state index in [1.807, 2.05) is 31.2 Å². The molecule has 1 unspecified atom stereocenters. The zero-order valence-electron chi connectivity index (χ0n) is 20.9. The Hall–Kier alpha value is -2.45. The molecule has 0 fully saturated rings. The van der Waals surface area contributed by atoms with Crippen LogP contribution < -0.4 is 5.32 Å². The number of phenols is 1. The van der Waals surface area contributed by atoms with E-state index in [1.54, 1.807) is 12.1 Å². The summed E-state index contributed by atoms with van der Waals surface area (Å²) in [5.74, 6) is -0.223. The summed E-state index contributed by atoms with van der Waals surface area (Å²) in [4.78, 5) is 11.8. The average Bonchev–Trinajstić information content (AvgIpc) is 2.88. The van der Waals surface area contributed by atoms with Gasteiger partial charge in [0, 0.05) is 25.3 Å². The van der Waals surface area contributed by atoms with Crippen molar-refractivity contribution in [3.05, 3.63) is 64.7 Å². The highest BCUT2D eigenvalue weighted by Gasteiger charge is 2.10. The molecule has 7 heteroatoms. The van der Waals surface area contributed by atoms with E-state index in [2.05, 4.69) is 5.32 Å². The van der Waals surface area contributed by atoms with Crippen LogP contribution in [0.25, 0.3) is 0 Å². The smallest absolute Gasteiger partial charge is 0.338 e. The molecule has 0 aromatic heterocycles. The van der Waals surface area contributed by atoms with Crippen LogP contribution in [0, 0.1) is 0 Å². The van der Waals surface area contributed by atoms with Crippen LogP contribution in [0.15, 0.2) is 42.5 Å². The molecular weight excluding hydrogens is 446 g/mol. The number of esters is 1. The monoisotopic (exact) mass is 487 g/mol. The molecule has 0 bridgehead atoms. The highest BCUT2D eigenvalue weighted by atomic mass is 16.5. The number of benzene rings is 2. The molecule has 2 rings (SSSR count). The second-order valence-corrected chi connectivity index (χ2v) is 8.73. The number of ether oxygens (including phenoxy) is 2. The Morgan fingerprint density at radius 1 is 0.971 bits per heavy atom. The third-order valence-corrected chi connectivity index (χ3v) is 5.77. The number of carbonyl (C=O) groups excluding carboxylic acids is 1. The summed E-state index contributed by atoms with van der Waals surface area (Å²) in [7, 11) is 0. The molecule has 0 spiro atoms. The standard InChI is InChI=1S/C28H41NO6/c1-2-16-35-28(33)23-11-9-22(10-12-23)8-7-18-34-17-6-4-3-5-15-29-20-27(32)24-13-14-26(31)25(19-24)21-30/h9-14,19,27,29-32H,2-8,15-18,20-21H2,1H3. The molecule has 0 radical (unpaired) electrons. The Morgan fingerprint density at radius 3 is 2.46 bits per heavy atom. The maximum Gasteiger partial charge on any atom is 0.338 e. The van der Waals surface area contributed by atoms with Gasteiger partial charge in [0.2, 0.25) is 0 Å². The number of unbranched alkanes of at least 4 members (excludes halogenated alkanes) is 3. The van der Waals surface area contributed by atoms with E-state index in [0.29, 0.717) is 29.8 Å². The van der Waals surface area contributed by atoms with Crippen molar-refractivity contribution in [2.75, 3.05) is 32.9 Å². The molecule has 4 N–H and O–H groups in total. The minimum absolute atomic E-state index is 0.0397. The van der Waals surface area contributed by atoms with Gasteiger partial charge < -0.3 is 30.1 Å². The molecule has 0 saturated carbocycles. The van der Waals surface area contributed by atoms with E-state index < -0.39 is 6.10 Å². The summed E-state index contributed by atoms with van der Waals surface area (Å²) in [6, 6.07) is 12.4. The summed E-state index contributed by atoms with van der Waals surface area (Å²) in [5.41, 5.74) is 2.89. The van der Waals surface area contributed by atoms with Crippen molar-refractivity contribution < 1.29 is 29.6 Å². The molecule has 1 atom stereocenters. The van der Waals surface area contributed by atoms with E-state index in [0.717, 1.165) is 64.7 Å². The molecule has 2 aromatic carbocycles. The second kappa shape index (κ2) is 17.1. The lowest BCUT2D eigenvalue weighted by atomic mass is 10.1. The number of aliphatic hydroxyl groups is 2. The molecule has 0 saturated heterocycles. The van der Waals surface area contributed by atoms with Gasteiger partial charge in [-0.1, -0.05) is 38.0 Å². The van der Waals surface area contributed by atoms with Gasteiger partial charge in [-0.2, -0.15) is 0 Å². The number of rotatable bonds is 18. The predicted molar refractivity (Wildman–Crippen MR) is 136 cm³/mol. The number of carbonyl (C=O) groups is 1. The Kier molecular flexibility index (Phi) is 14.0. The third-order valence-electron chi connectivity index (χ3n) is 5.77. The first-order chi connectivity index (χ1) is 17.0. The lowest BCUT2D eigenvalue weighted by Crippen LogP contribution is -2.22. The van der Waals surface area contributed by atoms with Crippen molar-refractivity contribution >= 4 is 5.97 Å². The molecule has 0 heterocycles. The summed E-state index contributed by atoms with van der Waals surface area (Å²) in [5, 5.41) is 32.3. The summed E-state index contributed by atoms with van der Waals surface area (Å²) >= 11 is 0. The Labute approximate surface area is 209 Å². The van der Waals surface area contributed by atoms with Crippen molar-refractivity contribution in [1.29, 1.82) is 0 Å². The van der Waals surface area contributed by atoms with Crippen LogP contribution in [0.3, 0.4) is 0 Å². The highest BCUT2D eigenvalue weighted by molar-refractivity contribution is 5.89. The fourth-order valence-electron chi connectivity index (χ4n) is 3.67. The van der Waals surface area contributed by atoms with Crippen molar-refractivity contribution in [2.24, 2.45) is 0 Å². The molecule has 194 valence electrons. The minimum atomic E-state index is -0.672. The third kappa shape index (κ3) is 11.2. The van der Waals surface area contributed by atoms with Crippen molar-refractivity contribution in [2.45, 2.75) is 64.6 Å². The first-order valence-electron chi connectivity index (χ1n) is 12.7. The van der Waals surface area contributed by atoms with Crippen LogP contribution >= 0.6 is 0 Å². The van der Waals surface area contributed by atoms with Gasteiger partial charge in [0.25, 0.3) is 0 Å². The molecular formula is C28H41NO6. The Balaban J connectivity index is 1.43. The van der Waals surface area contributed by atoms with Crippen molar-refractivity contribution in [1.82, 2.24) is 5.32 Å². The Bertz CT molecular complexity index is 855. The number of aryl methyl sites for hydroxylation is 1. The van der Waals surface area contributed by atoms with E-state index in [-0.39, 0.29) is 18.3 Å². The minimum Gasteiger partial charge on any atom is -0.508 e. The number of aliphatic hydroxyl groups excluding tert-OH is 2. The van der Waals surface area contributed by atoms with Gasteiger partial charge in [0.15, 0.2) is 0 Å². The van der Waals surface area contributed by atoms with E-state index in [9.17, 15) is 20.1 Å². The van der Waals surface area contributed by atoms with Crippen molar-refractivity contribution in [3.8, 4) is 5.75 Å². The van der Waals surface area contributed by atoms with Crippen LogP contribution in [0.5, 0.6) is 5.75 Å². The molecule has 35 heavy (non-hydrogen) atoms. The number of nitrogens with one attached hydrogen (secondary N) is 1. The Morgan fingerprint density at radius 2 is 1.71 bits per heavy atom. The second-order valence-electron chi connectivity index (χ2n) is 8.73. The quantitative estimate of drug-likeness (QED) is 0.184. The topological polar surface area (TPSA) is 108 Å². The summed E-state index contributed by atoms with van der Waals surface area (Å²) in [6.07, 6.45) is 6.31. The summed E-state index contributed by atoms with van der Waals surface area (Å²) < 4.78 is 10.9. The van der Waals surface area contributed by atoms with Crippen LogP contribution in [-0.4, -0.2) is 54.2 Å². The van der Waals surface area contributed by atoms with Gasteiger partial charge in [0.05, 0.1) is 24.9 Å². The summed E-state index contributed by atoms with van der Waals surface area (Å²) in [6.45, 7) is 4.94.